The average molecular weight is 275 g/mol. The van der Waals surface area contributed by atoms with Crippen LogP contribution in [0, 0.1) is 5.92 Å². The number of hydrogen-bond acceptors (Lipinski definition) is 4. The highest BCUT2D eigenvalue weighted by atomic mass is 16.5. The fourth-order valence-electron chi connectivity index (χ4n) is 1.84. The second-order valence-corrected chi connectivity index (χ2v) is 4.55. The molecule has 0 bridgehead atoms. The fraction of sp³-hybridized carbons (Fsp3) is 0.333. The van der Waals surface area contributed by atoms with E-state index in [-0.39, 0.29) is 0 Å². The molecule has 0 amide bonds. The zero-order valence-corrected chi connectivity index (χ0v) is 11.3. The second kappa shape index (κ2) is 6.75. The highest BCUT2D eigenvalue weighted by molar-refractivity contribution is 5.70. The van der Waals surface area contributed by atoms with Crippen molar-refractivity contribution in [2.45, 2.75) is 26.4 Å². The van der Waals surface area contributed by atoms with Crippen LogP contribution in [0.4, 0.5) is 0 Å². The van der Waals surface area contributed by atoms with Crippen LogP contribution in [-0.4, -0.2) is 16.2 Å². The van der Waals surface area contributed by atoms with Crippen LogP contribution < -0.4 is 4.74 Å². The number of nitrogens with zero attached hydrogens (tertiary/aromatic N) is 1. The minimum atomic E-state index is -0.823. The van der Waals surface area contributed by atoms with Gasteiger partial charge in [-0.1, -0.05) is 37.3 Å². The van der Waals surface area contributed by atoms with Crippen molar-refractivity contribution in [1.29, 1.82) is 0 Å². The fourth-order valence-corrected chi connectivity index (χ4v) is 1.84. The normalized spacial score (nSPS) is 12.1. The van der Waals surface area contributed by atoms with E-state index >= 15 is 0 Å². The number of hydrogen-bond donors (Lipinski definition) is 1. The van der Waals surface area contributed by atoms with E-state index in [0.29, 0.717) is 31.1 Å². The Morgan fingerprint density at radius 1 is 1.40 bits per heavy atom. The maximum atomic E-state index is 11.0. The molecule has 20 heavy (non-hydrogen) atoms. The third-order valence-electron chi connectivity index (χ3n) is 3.06. The van der Waals surface area contributed by atoms with E-state index in [4.69, 9.17) is 14.4 Å². The summed E-state index contributed by atoms with van der Waals surface area (Å²) in [5, 5.41) is 12.8. The van der Waals surface area contributed by atoms with Gasteiger partial charge in [-0.25, -0.2) is 0 Å². The van der Waals surface area contributed by atoms with Crippen LogP contribution in [0.1, 0.15) is 24.7 Å². The van der Waals surface area contributed by atoms with E-state index in [9.17, 15) is 4.79 Å². The molecule has 0 aliphatic carbocycles. The maximum Gasteiger partial charge on any atom is 0.306 e. The minimum absolute atomic E-state index is 0.327. The number of benzene rings is 1. The van der Waals surface area contributed by atoms with Crippen molar-refractivity contribution in [3.63, 3.8) is 0 Å². The Balaban J connectivity index is 1.90. The van der Waals surface area contributed by atoms with Crippen LogP contribution in [0.15, 0.2) is 40.9 Å². The molecule has 0 saturated heterocycles. The van der Waals surface area contributed by atoms with Crippen molar-refractivity contribution < 1.29 is 19.2 Å². The molecule has 106 valence electrons. The van der Waals surface area contributed by atoms with Crippen LogP contribution in [0.25, 0.3) is 0 Å². The third kappa shape index (κ3) is 3.85. The summed E-state index contributed by atoms with van der Waals surface area (Å²) < 4.78 is 10.6. The van der Waals surface area contributed by atoms with E-state index in [1.807, 2.05) is 37.3 Å². The predicted octanol–water partition coefficient (Wildman–Crippen LogP) is 2.91. The number of carboxylic acids is 1. The number of aliphatic carboxylic acids is 1. The van der Waals surface area contributed by atoms with Crippen molar-refractivity contribution in [1.82, 2.24) is 5.16 Å². The number of ether oxygens (including phenoxy) is 1. The van der Waals surface area contributed by atoms with Crippen molar-refractivity contribution in [2.75, 3.05) is 0 Å². The molecule has 0 spiro atoms. The van der Waals surface area contributed by atoms with Crippen LogP contribution in [-0.2, 0) is 17.8 Å². The van der Waals surface area contributed by atoms with Gasteiger partial charge in [0.05, 0.1) is 5.92 Å². The van der Waals surface area contributed by atoms with Gasteiger partial charge in [-0.15, -0.1) is 0 Å². The predicted molar refractivity (Wildman–Crippen MR) is 72.4 cm³/mol. The van der Waals surface area contributed by atoms with Crippen molar-refractivity contribution in [2.24, 2.45) is 5.92 Å². The van der Waals surface area contributed by atoms with Gasteiger partial charge in [0.1, 0.15) is 12.4 Å². The lowest BCUT2D eigenvalue weighted by Crippen LogP contribution is -2.14. The smallest absolute Gasteiger partial charge is 0.306 e. The Bertz CT molecular complexity index is 550. The summed E-state index contributed by atoms with van der Waals surface area (Å²) >= 11 is 0. The molecule has 0 radical (unpaired) electrons. The van der Waals surface area contributed by atoms with Crippen LogP contribution in [0.3, 0.4) is 0 Å². The summed E-state index contributed by atoms with van der Waals surface area (Å²) in [6.07, 6.45) is 0.879. The molecule has 0 aliphatic rings. The largest absolute Gasteiger partial charge is 0.481 e. The molecule has 5 heteroatoms. The number of carboxylic acid groups (broad SMARTS) is 1. The van der Waals surface area contributed by atoms with Gasteiger partial charge in [0, 0.05) is 12.5 Å². The highest BCUT2D eigenvalue weighted by Crippen LogP contribution is 2.18. The van der Waals surface area contributed by atoms with Crippen molar-refractivity contribution in [3.8, 4) is 5.88 Å². The topological polar surface area (TPSA) is 72.6 Å². The number of carbonyl (C=O) groups is 1. The minimum Gasteiger partial charge on any atom is -0.481 e. The number of aromatic nitrogens is 1. The van der Waals surface area contributed by atoms with E-state index < -0.39 is 11.9 Å². The lowest BCUT2D eigenvalue weighted by molar-refractivity contribution is -0.141. The standard InChI is InChI=1S/C15H17NO4/c1-2-12(15(17)18)8-13-9-14(16-20-13)19-10-11-6-4-3-5-7-11/h3-7,9,12H,2,8,10H2,1H3,(H,17,18)/t12-/m1/s1. The van der Waals surface area contributed by atoms with E-state index in [0.717, 1.165) is 5.56 Å². The third-order valence-corrected chi connectivity index (χ3v) is 3.06. The molecular weight excluding hydrogens is 258 g/mol. The van der Waals surface area contributed by atoms with E-state index in [2.05, 4.69) is 5.16 Å². The first-order valence-corrected chi connectivity index (χ1v) is 6.54. The van der Waals surface area contributed by atoms with Gasteiger partial charge in [-0.2, -0.15) is 0 Å². The van der Waals surface area contributed by atoms with Gasteiger partial charge in [-0.05, 0) is 17.1 Å². The molecule has 0 aliphatic heterocycles. The second-order valence-electron chi connectivity index (χ2n) is 4.55. The van der Waals surface area contributed by atoms with Crippen LogP contribution in [0.5, 0.6) is 5.88 Å². The summed E-state index contributed by atoms with van der Waals surface area (Å²) in [5.74, 6) is -0.369. The van der Waals surface area contributed by atoms with E-state index in [1.54, 1.807) is 6.07 Å². The van der Waals surface area contributed by atoms with Crippen LogP contribution >= 0.6 is 0 Å². The lowest BCUT2D eigenvalue weighted by Gasteiger charge is -2.05. The monoisotopic (exact) mass is 275 g/mol. The SMILES string of the molecule is CC[C@H](Cc1cc(OCc2ccccc2)no1)C(=O)O. The van der Waals surface area contributed by atoms with Gasteiger partial charge in [-0.3, -0.25) is 4.79 Å². The van der Waals surface area contributed by atoms with Gasteiger partial charge >= 0.3 is 5.97 Å². The van der Waals surface area contributed by atoms with Gasteiger partial charge in [0.25, 0.3) is 5.88 Å². The molecule has 2 aromatic rings. The summed E-state index contributed by atoms with van der Waals surface area (Å²) in [6.45, 7) is 2.24. The molecule has 1 N–H and O–H groups in total. The van der Waals surface area contributed by atoms with Crippen LogP contribution in [0.2, 0.25) is 0 Å². The van der Waals surface area contributed by atoms with Gasteiger partial charge in [0.2, 0.25) is 0 Å². The molecule has 2 rings (SSSR count). The summed E-state index contributed by atoms with van der Waals surface area (Å²) in [5.41, 5.74) is 1.04. The zero-order valence-electron chi connectivity index (χ0n) is 11.3. The first-order valence-electron chi connectivity index (χ1n) is 6.54. The van der Waals surface area contributed by atoms with Crippen molar-refractivity contribution in [3.05, 3.63) is 47.7 Å². The number of rotatable bonds is 7. The Labute approximate surface area is 117 Å². The molecule has 0 unspecified atom stereocenters. The quantitative estimate of drug-likeness (QED) is 0.841. The first kappa shape index (κ1) is 14.1. The van der Waals surface area contributed by atoms with Gasteiger partial charge < -0.3 is 14.4 Å². The average Bonchev–Trinajstić information content (AvgIpc) is 2.91. The Kier molecular flexibility index (Phi) is 4.76. The molecule has 0 saturated carbocycles. The summed E-state index contributed by atoms with van der Waals surface area (Å²) in [4.78, 5) is 11.0. The molecule has 0 fully saturated rings. The highest BCUT2D eigenvalue weighted by Gasteiger charge is 2.18. The molecule has 1 aromatic carbocycles. The maximum absolute atomic E-state index is 11.0. The van der Waals surface area contributed by atoms with Crippen molar-refractivity contribution >= 4 is 5.97 Å². The molecule has 5 nitrogen and oxygen atoms in total. The summed E-state index contributed by atoms with van der Waals surface area (Å²) in [6, 6.07) is 11.4. The van der Waals surface area contributed by atoms with E-state index in [1.165, 1.54) is 0 Å². The first-order chi connectivity index (χ1) is 9.69. The Morgan fingerprint density at radius 2 is 2.15 bits per heavy atom. The van der Waals surface area contributed by atoms with Gasteiger partial charge in [0.15, 0.2) is 0 Å². The summed E-state index contributed by atoms with van der Waals surface area (Å²) in [7, 11) is 0. The Morgan fingerprint density at radius 3 is 2.80 bits per heavy atom. The molecule has 1 atom stereocenters. The molecule has 1 heterocycles. The molecule has 1 aromatic heterocycles. The lowest BCUT2D eigenvalue weighted by atomic mass is 10.0. The molecular formula is C15H17NO4. The Hall–Kier alpha value is -2.30. The zero-order chi connectivity index (χ0) is 14.4.